The second-order valence-corrected chi connectivity index (χ2v) is 8.48. The largest absolute Gasteiger partial charge is 0.345 e. The van der Waals surface area contributed by atoms with Crippen molar-refractivity contribution in [2.45, 2.75) is 38.6 Å². The van der Waals surface area contributed by atoms with Crippen LogP contribution in [0.1, 0.15) is 43.0 Å². The summed E-state index contributed by atoms with van der Waals surface area (Å²) in [5.74, 6) is -0.490. The first-order valence-electron chi connectivity index (χ1n) is 10.5. The van der Waals surface area contributed by atoms with Crippen molar-refractivity contribution in [1.82, 2.24) is 14.7 Å². The van der Waals surface area contributed by atoms with E-state index in [0.717, 1.165) is 19.0 Å². The molecule has 0 bridgehead atoms. The molecular formula is C22H32N4O3. The molecule has 3 rings (SSSR count). The van der Waals surface area contributed by atoms with Crippen molar-refractivity contribution in [3.05, 3.63) is 29.8 Å². The molecule has 1 aliphatic heterocycles. The number of benzene rings is 1. The Hall–Kier alpha value is -2.41. The lowest BCUT2D eigenvalue weighted by atomic mass is 9.86. The fraction of sp³-hybridized carbons (Fsp3) is 0.591. The van der Waals surface area contributed by atoms with Crippen LogP contribution in [0.15, 0.2) is 24.3 Å². The van der Waals surface area contributed by atoms with Gasteiger partial charge in [0.2, 0.25) is 0 Å². The van der Waals surface area contributed by atoms with Crippen LogP contribution < -0.4 is 5.32 Å². The fourth-order valence-corrected chi connectivity index (χ4v) is 4.21. The van der Waals surface area contributed by atoms with E-state index in [1.165, 1.54) is 30.6 Å². The lowest BCUT2D eigenvalue weighted by Crippen LogP contribution is -2.54. The molecule has 3 amide bonds. The lowest BCUT2D eigenvalue weighted by Gasteiger charge is -2.41. The van der Waals surface area contributed by atoms with Crippen LogP contribution >= 0.6 is 0 Å². The van der Waals surface area contributed by atoms with Gasteiger partial charge < -0.3 is 15.1 Å². The molecule has 0 atom stereocenters. The zero-order valence-corrected chi connectivity index (χ0v) is 17.7. The van der Waals surface area contributed by atoms with Gasteiger partial charge in [0, 0.05) is 57.6 Å². The molecular weight excluding hydrogens is 368 g/mol. The molecule has 1 aliphatic carbocycles. The van der Waals surface area contributed by atoms with Crippen molar-refractivity contribution >= 4 is 23.4 Å². The number of hydrogen-bond acceptors (Lipinski definition) is 4. The molecule has 7 nitrogen and oxygen atoms in total. The summed E-state index contributed by atoms with van der Waals surface area (Å²) in [5.41, 5.74) is 0.918. The van der Waals surface area contributed by atoms with Gasteiger partial charge >= 0.3 is 11.8 Å². The number of carbonyl (C=O) groups excluding carboxylic acids is 3. The van der Waals surface area contributed by atoms with Crippen molar-refractivity contribution < 1.29 is 14.4 Å². The van der Waals surface area contributed by atoms with E-state index in [0.29, 0.717) is 30.4 Å². The van der Waals surface area contributed by atoms with Crippen molar-refractivity contribution in [3.8, 4) is 0 Å². The Morgan fingerprint density at radius 3 is 2.28 bits per heavy atom. The van der Waals surface area contributed by atoms with Gasteiger partial charge in [-0.2, -0.15) is 0 Å². The van der Waals surface area contributed by atoms with Gasteiger partial charge in [-0.15, -0.1) is 0 Å². The first kappa shape index (κ1) is 21.3. The normalized spacial score (nSPS) is 22.8. The molecule has 2 aliphatic rings. The Balaban J connectivity index is 1.52. The maximum Gasteiger partial charge on any atom is 0.313 e. The maximum atomic E-state index is 12.6. The number of amides is 3. The molecule has 0 spiro atoms. The van der Waals surface area contributed by atoms with Gasteiger partial charge in [-0.3, -0.25) is 19.3 Å². The predicted molar refractivity (Wildman–Crippen MR) is 113 cm³/mol. The summed E-state index contributed by atoms with van der Waals surface area (Å²) in [4.78, 5) is 42.7. The number of nitrogens with one attached hydrogen (secondary N) is 1. The van der Waals surface area contributed by atoms with E-state index in [4.69, 9.17) is 0 Å². The third-order valence-corrected chi connectivity index (χ3v) is 6.07. The minimum absolute atomic E-state index is 0.152. The van der Waals surface area contributed by atoms with Crippen LogP contribution in [0, 0.1) is 5.92 Å². The molecule has 0 aromatic heterocycles. The molecule has 0 radical (unpaired) electrons. The van der Waals surface area contributed by atoms with Crippen LogP contribution in [0.3, 0.4) is 0 Å². The number of nitrogens with zero attached hydrogens (tertiary/aromatic N) is 3. The van der Waals surface area contributed by atoms with Gasteiger partial charge in [-0.25, -0.2) is 0 Å². The van der Waals surface area contributed by atoms with Gasteiger partial charge in [0.05, 0.1) is 0 Å². The molecule has 7 heteroatoms. The zero-order valence-electron chi connectivity index (χ0n) is 17.7. The number of rotatable bonds is 3. The zero-order chi connectivity index (χ0) is 21.0. The summed E-state index contributed by atoms with van der Waals surface area (Å²) in [5, 5.41) is 2.64. The van der Waals surface area contributed by atoms with E-state index in [1.54, 1.807) is 43.3 Å². The molecule has 0 unspecified atom stereocenters. The number of anilines is 1. The van der Waals surface area contributed by atoms with Crippen LogP contribution in [-0.4, -0.2) is 78.7 Å². The quantitative estimate of drug-likeness (QED) is 0.788. The minimum Gasteiger partial charge on any atom is -0.345 e. The third-order valence-electron chi connectivity index (χ3n) is 6.07. The lowest BCUT2D eigenvalue weighted by molar-refractivity contribution is -0.144. The summed E-state index contributed by atoms with van der Waals surface area (Å²) in [7, 11) is 3.34. The highest BCUT2D eigenvalue weighted by Gasteiger charge is 2.30. The number of carbonyl (C=O) groups is 3. The SMILES string of the molecule is CC1CCC(N2CCN(C(=O)C(=O)Nc3cccc(C(=O)N(C)C)c3)CC2)CC1. The Kier molecular flexibility index (Phi) is 6.90. The van der Waals surface area contributed by atoms with Crippen molar-refractivity contribution in [2.75, 3.05) is 45.6 Å². The van der Waals surface area contributed by atoms with Crippen molar-refractivity contribution in [1.29, 1.82) is 0 Å². The topological polar surface area (TPSA) is 73.0 Å². The van der Waals surface area contributed by atoms with Gasteiger partial charge in [0.25, 0.3) is 5.91 Å². The standard InChI is InChI=1S/C22H32N4O3/c1-16-7-9-19(10-8-16)25-11-13-26(14-12-25)22(29)20(27)23-18-6-4-5-17(15-18)21(28)24(2)3/h4-6,15-16,19H,7-14H2,1-3H3,(H,23,27). The van der Waals surface area contributed by atoms with Crippen LogP contribution in [0.2, 0.25) is 0 Å². The van der Waals surface area contributed by atoms with Crippen LogP contribution in [-0.2, 0) is 9.59 Å². The maximum absolute atomic E-state index is 12.6. The third kappa shape index (κ3) is 5.35. The smallest absolute Gasteiger partial charge is 0.313 e. The average Bonchev–Trinajstić information content (AvgIpc) is 2.73. The first-order valence-corrected chi connectivity index (χ1v) is 10.5. The summed E-state index contributed by atoms with van der Waals surface area (Å²) in [6, 6.07) is 7.27. The Bertz CT molecular complexity index is 748. The summed E-state index contributed by atoms with van der Waals surface area (Å²) < 4.78 is 0. The summed E-state index contributed by atoms with van der Waals surface area (Å²) >= 11 is 0. The monoisotopic (exact) mass is 400 g/mol. The Labute approximate surface area is 173 Å². The minimum atomic E-state index is -0.653. The average molecular weight is 401 g/mol. The van der Waals surface area contributed by atoms with E-state index in [1.807, 2.05) is 0 Å². The molecule has 1 saturated heterocycles. The molecule has 1 saturated carbocycles. The van der Waals surface area contributed by atoms with Crippen LogP contribution in [0.25, 0.3) is 0 Å². The second kappa shape index (κ2) is 9.39. The Morgan fingerprint density at radius 2 is 1.66 bits per heavy atom. The van der Waals surface area contributed by atoms with E-state index < -0.39 is 11.8 Å². The first-order chi connectivity index (χ1) is 13.8. The second-order valence-electron chi connectivity index (χ2n) is 8.48. The molecule has 158 valence electrons. The highest BCUT2D eigenvalue weighted by Crippen LogP contribution is 2.27. The van der Waals surface area contributed by atoms with E-state index in [2.05, 4.69) is 17.1 Å². The van der Waals surface area contributed by atoms with Gasteiger partial charge in [0.15, 0.2) is 0 Å². The predicted octanol–water partition coefficient (Wildman–Crippen LogP) is 2.05. The van der Waals surface area contributed by atoms with Gasteiger partial charge in [-0.05, 0) is 49.8 Å². The van der Waals surface area contributed by atoms with Gasteiger partial charge in [0.1, 0.15) is 0 Å². The molecule has 29 heavy (non-hydrogen) atoms. The number of piperazine rings is 1. The van der Waals surface area contributed by atoms with Crippen LogP contribution in [0.4, 0.5) is 5.69 Å². The highest BCUT2D eigenvalue weighted by atomic mass is 16.2. The van der Waals surface area contributed by atoms with E-state index >= 15 is 0 Å². The van der Waals surface area contributed by atoms with E-state index in [9.17, 15) is 14.4 Å². The Morgan fingerprint density at radius 1 is 1.00 bits per heavy atom. The summed E-state index contributed by atoms with van der Waals surface area (Å²) in [6.45, 7) is 5.13. The molecule has 2 fully saturated rings. The highest BCUT2D eigenvalue weighted by molar-refractivity contribution is 6.39. The molecule has 1 aromatic carbocycles. The van der Waals surface area contributed by atoms with Crippen molar-refractivity contribution in [3.63, 3.8) is 0 Å². The molecule has 1 heterocycles. The van der Waals surface area contributed by atoms with E-state index in [-0.39, 0.29) is 5.91 Å². The fourth-order valence-electron chi connectivity index (χ4n) is 4.21. The van der Waals surface area contributed by atoms with Gasteiger partial charge in [-0.1, -0.05) is 13.0 Å². The van der Waals surface area contributed by atoms with Crippen molar-refractivity contribution in [2.24, 2.45) is 5.92 Å². The summed E-state index contributed by atoms with van der Waals surface area (Å²) in [6.07, 6.45) is 5.03. The van der Waals surface area contributed by atoms with Crippen LogP contribution in [0.5, 0.6) is 0 Å². The number of hydrogen-bond donors (Lipinski definition) is 1. The molecule has 1 N–H and O–H groups in total. The molecule has 1 aromatic rings.